The molecule has 0 bridgehead atoms. The number of amides is 1. The minimum Gasteiger partial charge on any atom is -0.443 e. The molecular weight excluding hydrogens is 416 g/mol. The molecule has 0 aliphatic carbocycles. The van der Waals surface area contributed by atoms with Crippen LogP contribution in [0.5, 0.6) is 0 Å². The molecule has 0 spiro atoms. The number of nitrogens with zero attached hydrogens (tertiary/aromatic N) is 2. The zero-order chi connectivity index (χ0) is 22.4. The number of rotatable bonds is 6. The van der Waals surface area contributed by atoms with E-state index in [-0.39, 0.29) is 29.2 Å². The van der Waals surface area contributed by atoms with Crippen molar-refractivity contribution in [2.24, 2.45) is 0 Å². The summed E-state index contributed by atoms with van der Waals surface area (Å²) in [6.07, 6.45) is -0.222. The van der Waals surface area contributed by atoms with E-state index in [4.69, 9.17) is 4.74 Å². The third kappa shape index (κ3) is 3.54. The fourth-order valence-electron chi connectivity index (χ4n) is 4.64. The van der Waals surface area contributed by atoms with Gasteiger partial charge in [0.1, 0.15) is 17.7 Å². The van der Waals surface area contributed by atoms with E-state index >= 15 is 0 Å². The van der Waals surface area contributed by atoms with E-state index in [2.05, 4.69) is 5.32 Å². The standard InChI is InChI=1S/C24H23F2N3O3/c1-14-2-5-17(10-20(14)26)28-13-18(32-24(28)31)11-27-9-8-16-12-29-21(30)7-4-15-3-6-19(25)22(16)23(15)29/h2-7,10,16,18,27H,8-9,11-13H2,1H3/t16-,18-/m1/s1. The molecule has 1 N–H and O–H groups in total. The van der Waals surface area contributed by atoms with Crippen LogP contribution in [0.15, 0.2) is 47.3 Å². The van der Waals surface area contributed by atoms with Crippen LogP contribution in [0, 0.1) is 18.6 Å². The van der Waals surface area contributed by atoms with Crippen LogP contribution in [0.4, 0.5) is 19.3 Å². The van der Waals surface area contributed by atoms with Crippen LogP contribution in [0.3, 0.4) is 0 Å². The van der Waals surface area contributed by atoms with Gasteiger partial charge in [-0.05, 0) is 61.2 Å². The van der Waals surface area contributed by atoms with Gasteiger partial charge < -0.3 is 14.6 Å². The molecule has 32 heavy (non-hydrogen) atoms. The number of cyclic esters (lactones) is 1. The normalized spacial score (nSPS) is 19.7. The number of aryl methyl sites for hydroxylation is 1. The van der Waals surface area contributed by atoms with Crippen molar-refractivity contribution in [2.45, 2.75) is 31.9 Å². The lowest BCUT2D eigenvalue weighted by molar-refractivity contribution is 0.140. The Kier molecular flexibility index (Phi) is 5.17. The molecule has 3 heterocycles. The van der Waals surface area contributed by atoms with Gasteiger partial charge in [-0.15, -0.1) is 0 Å². The van der Waals surface area contributed by atoms with Crippen molar-refractivity contribution in [2.75, 3.05) is 24.5 Å². The van der Waals surface area contributed by atoms with Crippen molar-refractivity contribution >= 4 is 22.7 Å². The van der Waals surface area contributed by atoms with Gasteiger partial charge in [0.25, 0.3) is 5.56 Å². The van der Waals surface area contributed by atoms with Crippen LogP contribution >= 0.6 is 0 Å². The molecule has 2 aliphatic heterocycles. The van der Waals surface area contributed by atoms with Crippen molar-refractivity contribution in [3.05, 3.63) is 75.6 Å². The first-order valence-corrected chi connectivity index (χ1v) is 10.7. The SMILES string of the molecule is Cc1ccc(N2C[C@@H](CNCC[C@@H]3Cn4c(=O)ccc5ccc(F)c3c54)OC2=O)cc1F. The molecule has 166 valence electrons. The molecule has 5 rings (SSSR count). The predicted octanol–water partition coefficient (Wildman–Crippen LogP) is 3.69. The number of carbonyl (C=O) groups is 1. The van der Waals surface area contributed by atoms with Gasteiger partial charge in [0.2, 0.25) is 0 Å². The second kappa shape index (κ2) is 8.02. The van der Waals surface area contributed by atoms with E-state index in [9.17, 15) is 18.4 Å². The Morgan fingerprint density at radius 1 is 1.06 bits per heavy atom. The van der Waals surface area contributed by atoms with Crippen molar-refractivity contribution in [3.63, 3.8) is 0 Å². The Hall–Kier alpha value is -3.26. The molecule has 1 amide bonds. The first-order chi connectivity index (χ1) is 15.4. The molecule has 0 radical (unpaired) electrons. The molecule has 2 aliphatic rings. The van der Waals surface area contributed by atoms with Gasteiger partial charge in [0.15, 0.2) is 0 Å². The molecule has 0 saturated carbocycles. The Labute approximate surface area is 183 Å². The first-order valence-electron chi connectivity index (χ1n) is 10.7. The van der Waals surface area contributed by atoms with Gasteiger partial charge in [0.05, 0.1) is 17.7 Å². The number of carbonyl (C=O) groups excluding carboxylic acids is 1. The zero-order valence-corrected chi connectivity index (χ0v) is 17.6. The van der Waals surface area contributed by atoms with Crippen molar-refractivity contribution in [1.29, 1.82) is 0 Å². The summed E-state index contributed by atoms with van der Waals surface area (Å²) in [5.41, 5.74) is 2.15. The van der Waals surface area contributed by atoms with Crippen LogP contribution in [-0.2, 0) is 11.3 Å². The molecule has 2 atom stereocenters. The quantitative estimate of drug-likeness (QED) is 0.595. The number of halogens is 2. The highest BCUT2D eigenvalue weighted by Crippen LogP contribution is 2.36. The summed E-state index contributed by atoms with van der Waals surface area (Å²) in [6.45, 7) is 3.46. The third-order valence-corrected chi connectivity index (χ3v) is 6.33. The third-order valence-electron chi connectivity index (χ3n) is 6.33. The number of aromatic nitrogens is 1. The lowest BCUT2D eigenvalue weighted by atomic mass is 9.96. The Morgan fingerprint density at radius 2 is 1.88 bits per heavy atom. The number of ether oxygens (including phenoxy) is 1. The van der Waals surface area contributed by atoms with Crippen molar-refractivity contribution in [3.8, 4) is 0 Å². The lowest BCUT2D eigenvalue weighted by Crippen LogP contribution is -2.32. The molecular formula is C24H23F2N3O3. The highest BCUT2D eigenvalue weighted by Gasteiger charge is 2.33. The number of nitrogens with one attached hydrogen (secondary N) is 1. The molecule has 2 aromatic carbocycles. The van der Waals surface area contributed by atoms with Crippen LogP contribution in [0.25, 0.3) is 10.9 Å². The van der Waals surface area contributed by atoms with E-state index in [1.165, 1.54) is 23.1 Å². The largest absolute Gasteiger partial charge is 0.443 e. The number of hydrogen-bond acceptors (Lipinski definition) is 4. The summed E-state index contributed by atoms with van der Waals surface area (Å²) in [4.78, 5) is 25.9. The van der Waals surface area contributed by atoms with E-state index in [0.29, 0.717) is 54.9 Å². The Bertz CT molecular complexity index is 1270. The van der Waals surface area contributed by atoms with Gasteiger partial charge in [-0.3, -0.25) is 9.69 Å². The van der Waals surface area contributed by atoms with Crippen molar-refractivity contribution < 1.29 is 18.3 Å². The second-order valence-corrected chi connectivity index (χ2v) is 8.42. The molecule has 0 unspecified atom stereocenters. The van der Waals surface area contributed by atoms with Crippen LogP contribution in [-0.4, -0.2) is 36.4 Å². The number of benzene rings is 2. The molecule has 8 heteroatoms. The van der Waals surface area contributed by atoms with Crippen LogP contribution in [0.2, 0.25) is 0 Å². The Morgan fingerprint density at radius 3 is 2.69 bits per heavy atom. The fraction of sp³-hybridized carbons (Fsp3) is 0.333. The maximum absolute atomic E-state index is 14.6. The highest BCUT2D eigenvalue weighted by molar-refractivity contribution is 5.89. The maximum Gasteiger partial charge on any atom is 0.414 e. The summed E-state index contributed by atoms with van der Waals surface area (Å²) in [5, 5.41) is 4.14. The van der Waals surface area contributed by atoms with E-state index in [1.54, 1.807) is 35.8 Å². The fourth-order valence-corrected chi connectivity index (χ4v) is 4.64. The summed E-state index contributed by atoms with van der Waals surface area (Å²) in [7, 11) is 0. The average molecular weight is 439 g/mol. The predicted molar refractivity (Wildman–Crippen MR) is 117 cm³/mol. The molecule has 1 saturated heterocycles. The average Bonchev–Trinajstić information content (AvgIpc) is 3.34. The number of hydrogen-bond donors (Lipinski definition) is 1. The highest BCUT2D eigenvalue weighted by atomic mass is 19.1. The first kappa shape index (κ1) is 20.6. The zero-order valence-electron chi connectivity index (χ0n) is 17.6. The van der Waals surface area contributed by atoms with E-state index in [1.807, 2.05) is 0 Å². The van der Waals surface area contributed by atoms with Gasteiger partial charge in [-0.1, -0.05) is 6.07 Å². The van der Waals surface area contributed by atoms with Gasteiger partial charge in [-0.2, -0.15) is 0 Å². The van der Waals surface area contributed by atoms with Gasteiger partial charge in [-0.25, -0.2) is 13.6 Å². The topological polar surface area (TPSA) is 63.6 Å². The summed E-state index contributed by atoms with van der Waals surface area (Å²) >= 11 is 0. The van der Waals surface area contributed by atoms with Crippen LogP contribution < -0.4 is 15.8 Å². The smallest absolute Gasteiger partial charge is 0.414 e. The molecule has 6 nitrogen and oxygen atoms in total. The van der Waals surface area contributed by atoms with Crippen molar-refractivity contribution in [1.82, 2.24) is 9.88 Å². The number of pyridine rings is 1. The van der Waals surface area contributed by atoms with Gasteiger partial charge in [0, 0.05) is 30.6 Å². The summed E-state index contributed by atoms with van der Waals surface area (Å²) < 4.78 is 35.5. The van der Waals surface area contributed by atoms with Gasteiger partial charge >= 0.3 is 6.09 Å². The minimum atomic E-state index is -0.501. The summed E-state index contributed by atoms with van der Waals surface area (Å²) in [6, 6.07) is 11.1. The minimum absolute atomic E-state index is 0.0977. The number of anilines is 1. The second-order valence-electron chi connectivity index (χ2n) is 8.42. The summed E-state index contributed by atoms with van der Waals surface area (Å²) in [5.74, 6) is -0.750. The molecule has 1 aromatic heterocycles. The maximum atomic E-state index is 14.6. The monoisotopic (exact) mass is 439 g/mol. The Balaban J connectivity index is 1.19. The lowest BCUT2D eigenvalue weighted by Gasteiger charge is -2.15. The van der Waals surface area contributed by atoms with Crippen LogP contribution in [0.1, 0.15) is 23.5 Å². The molecule has 1 fully saturated rings. The van der Waals surface area contributed by atoms with E-state index in [0.717, 1.165) is 5.39 Å². The molecule has 3 aromatic rings. The van der Waals surface area contributed by atoms with E-state index < -0.39 is 6.09 Å².